The summed E-state index contributed by atoms with van der Waals surface area (Å²) in [6.45, 7) is 1.65. The molecule has 1 saturated carbocycles. The van der Waals surface area contributed by atoms with E-state index in [-0.39, 0.29) is 5.91 Å². The summed E-state index contributed by atoms with van der Waals surface area (Å²) in [5.74, 6) is 2.77. The first-order chi connectivity index (χ1) is 11.9. The normalized spacial score (nSPS) is 26.1. The molecule has 1 aromatic rings. The molecule has 1 aliphatic carbocycles. The third kappa shape index (κ3) is 3.72. The Labute approximate surface area is 154 Å². The molecule has 25 heavy (non-hydrogen) atoms. The number of nitrogens with zero attached hydrogens (tertiary/aromatic N) is 2. The van der Waals surface area contributed by atoms with Crippen LogP contribution in [0.25, 0.3) is 0 Å². The molecular weight excluding hydrogens is 340 g/mol. The molecule has 1 aliphatic heterocycles. The Balaban J connectivity index is 1.69. The van der Waals surface area contributed by atoms with Gasteiger partial charge in [0.1, 0.15) is 0 Å². The van der Waals surface area contributed by atoms with Crippen molar-refractivity contribution in [2.45, 2.75) is 31.8 Å². The third-order valence-electron chi connectivity index (χ3n) is 5.78. The number of fused-ring (bicyclic) bond motifs is 1. The lowest BCUT2D eigenvalue weighted by Gasteiger charge is -2.31. The van der Waals surface area contributed by atoms with Gasteiger partial charge in [-0.05, 0) is 43.4 Å². The predicted octanol–water partition coefficient (Wildman–Crippen LogP) is 3.05. The van der Waals surface area contributed by atoms with Crippen molar-refractivity contribution in [1.29, 1.82) is 0 Å². The highest BCUT2D eigenvalue weighted by Gasteiger charge is 2.41. The van der Waals surface area contributed by atoms with E-state index in [4.69, 9.17) is 21.1 Å². The third-order valence-corrected chi connectivity index (χ3v) is 6.13. The van der Waals surface area contributed by atoms with Crippen LogP contribution in [0.1, 0.15) is 24.8 Å². The van der Waals surface area contributed by atoms with Crippen molar-refractivity contribution < 1.29 is 14.3 Å². The van der Waals surface area contributed by atoms with Crippen molar-refractivity contribution in [3.05, 3.63) is 22.7 Å². The molecule has 0 N–H and O–H groups in total. The molecule has 3 rings (SSSR count). The van der Waals surface area contributed by atoms with E-state index in [0.717, 1.165) is 31.5 Å². The van der Waals surface area contributed by atoms with Crippen LogP contribution in [0.2, 0.25) is 5.02 Å². The number of methoxy groups -OCH3 is 2. The van der Waals surface area contributed by atoms with E-state index in [2.05, 4.69) is 11.9 Å². The van der Waals surface area contributed by atoms with Gasteiger partial charge in [-0.1, -0.05) is 11.6 Å². The van der Waals surface area contributed by atoms with Crippen molar-refractivity contribution >= 4 is 17.5 Å². The first kappa shape index (κ1) is 18.3. The Morgan fingerprint density at radius 2 is 1.84 bits per heavy atom. The highest BCUT2D eigenvalue weighted by Crippen LogP contribution is 2.41. The van der Waals surface area contributed by atoms with Gasteiger partial charge in [0.15, 0.2) is 11.5 Å². The summed E-state index contributed by atoms with van der Waals surface area (Å²) in [5, 5.41) is 0.690. The summed E-state index contributed by atoms with van der Waals surface area (Å²) in [7, 11) is 7.30. The summed E-state index contributed by atoms with van der Waals surface area (Å²) in [5.41, 5.74) is 1.03. The molecule has 2 aliphatic rings. The minimum atomic E-state index is 0.285. The fourth-order valence-electron chi connectivity index (χ4n) is 4.26. The molecule has 1 aromatic carbocycles. The van der Waals surface area contributed by atoms with Crippen molar-refractivity contribution in [1.82, 2.24) is 9.80 Å². The number of carbonyl (C=O) groups excluding carboxylic acids is 1. The minimum absolute atomic E-state index is 0.285. The monoisotopic (exact) mass is 366 g/mol. The van der Waals surface area contributed by atoms with Crippen molar-refractivity contribution in [2.75, 3.05) is 34.9 Å². The Morgan fingerprint density at radius 1 is 1.20 bits per heavy atom. The molecule has 6 heteroatoms. The van der Waals surface area contributed by atoms with E-state index in [1.807, 2.05) is 24.1 Å². The first-order valence-corrected chi connectivity index (χ1v) is 9.15. The molecular formula is C19H27ClN2O3. The van der Waals surface area contributed by atoms with E-state index in [1.54, 1.807) is 14.2 Å². The van der Waals surface area contributed by atoms with Gasteiger partial charge in [-0.2, -0.15) is 0 Å². The number of likely N-dealkylation sites (tertiary alicyclic amines) is 1. The second-order valence-electron chi connectivity index (χ2n) is 7.34. The molecule has 138 valence electrons. The summed E-state index contributed by atoms with van der Waals surface area (Å²) in [6, 6.07) is 4.25. The van der Waals surface area contributed by atoms with E-state index in [9.17, 15) is 4.79 Å². The molecule has 2 fully saturated rings. The maximum Gasteiger partial charge on any atom is 0.222 e. The molecule has 0 unspecified atom stereocenters. The Morgan fingerprint density at radius 3 is 2.52 bits per heavy atom. The maximum atomic E-state index is 11.9. The Hall–Kier alpha value is -1.46. The van der Waals surface area contributed by atoms with Gasteiger partial charge < -0.3 is 14.4 Å². The SMILES string of the molecule is COc1cc(Cl)c(CN(C)[C@@H]2C[C@@H]3CC(=O)N(C)C[C@@H]3C2)cc1OC. The lowest BCUT2D eigenvalue weighted by atomic mass is 9.88. The lowest BCUT2D eigenvalue weighted by Crippen LogP contribution is -2.39. The number of amides is 1. The van der Waals surface area contributed by atoms with Crippen LogP contribution in [-0.4, -0.2) is 56.6 Å². The number of rotatable bonds is 5. The maximum absolute atomic E-state index is 11.9. The van der Waals surface area contributed by atoms with Crippen LogP contribution in [0, 0.1) is 11.8 Å². The van der Waals surface area contributed by atoms with Gasteiger partial charge in [-0.15, -0.1) is 0 Å². The number of carbonyl (C=O) groups is 1. The van der Waals surface area contributed by atoms with Crippen LogP contribution in [0.3, 0.4) is 0 Å². The van der Waals surface area contributed by atoms with Crippen LogP contribution in [0.5, 0.6) is 11.5 Å². The summed E-state index contributed by atoms with van der Waals surface area (Å²) in [6.07, 6.45) is 2.93. The number of ether oxygens (including phenoxy) is 2. The van der Waals surface area contributed by atoms with Gasteiger partial charge in [0, 0.05) is 43.7 Å². The van der Waals surface area contributed by atoms with Gasteiger partial charge in [-0.25, -0.2) is 0 Å². The molecule has 3 atom stereocenters. The van der Waals surface area contributed by atoms with Gasteiger partial charge in [0.2, 0.25) is 5.91 Å². The van der Waals surface area contributed by atoms with Crippen molar-refractivity contribution in [2.24, 2.45) is 11.8 Å². The van der Waals surface area contributed by atoms with Crippen LogP contribution in [0.15, 0.2) is 12.1 Å². The molecule has 5 nitrogen and oxygen atoms in total. The highest BCUT2D eigenvalue weighted by atomic mass is 35.5. The Kier molecular flexibility index (Phi) is 5.44. The smallest absolute Gasteiger partial charge is 0.222 e. The second kappa shape index (κ2) is 7.42. The fourth-order valence-corrected chi connectivity index (χ4v) is 4.48. The van der Waals surface area contributed by atoms with Gasteiger partial charge >= 0.3 is 0 Å². The molecule has 0 bridgehead atoms. The van der Waals surface area contributed by atoms with E-state index < -0.39 is 0 Å². The molecule has 1 heterocycles. The van der Waals surface area contributed by atoms with E-state index >= 15 is 0 Å². The second-order valence-corrected chi connectivity index (χ2v) is 7.74. The summed E-state index contributed by atoms with van der Waals surface area (Å²) in [4.78, 5) is 16.2. The van der Waals surface area contributed by atoms with Crippen LogP contribution < -0.4 is 9.47 Å². The standard InChI is InChI=1S/C19H27ClN2O3/c1-21(11-14-7-17(24-3)18(25-4)9-16(14)20)15-5-12-8-19(23)22(2)10-13(12)6-15/h7,9,12-13,15H,5-6,8,10-11H2,1-4H3/t12-,13+,15-/m1/s1. The number of hydrogen-bond donors (Lipinski definition) is 0. The Bertz CT molecular complexity index is 652. The van der Waals surface area contributed by atoms with Crippen LogP contribution in [-0.2, 0) is 11.3 Å². The predicted molar refractivity (Wildman–Crippen MR) is 98.3 cm³/mol. The lowest BCUT2D eigenvalue weighted by molar-refractivity contribution is -0.134. The summed E-state index contributed by atoms with van der Waals surface area (Å²) < 4.78 is 10.7. The van der Waals surface area contributed by atoms with E-state index in [1.165, 1.54) is 0 Å². The molecule has 0 spiro atoms. The molecule has 0 radical (unpaired) electrons. The van der Waals surface area contributed by atoms with Gasteiger partial charge in [0.05, 0.1) is 14.2 Å². The number of benzene rings is 1. The van der Waals surface area contributed by atoms with Gasteiger partial charge in [0.25, 0.3) is 0 Å². The average molecular weight is 367 g/mol. The zero-order valence-corrected chi connectivity index (χ0v) is 16.2. The minimum Gasteiger partial charge on any atom is -0.493 e. The fraction of sp³-hybridized carbons (Fsp3) is 0.632. The largest absolute Gasteiger partial charge is 0.493 e. The van der Waals surface area contributed by atoms with Crippen LogP contribution >= 0.6 is 11.6 Å². The highest BCUT2D eigenvalue weighted by molar-refractivity contribution is 6.31. The number of piperidine rings is 1. The van der Waals surface area contributed by atoms with Crippen LogP contribution in [0.4, 0.5) is 0 Å². The van der Waals surface area contributed by atoms with E-state index in [0.29, 0.717) is 40.8 Å². The van der Waals surface area contributed by atoms with Crippen molar-refractivity contribution in [3.63, 3.8) is 0 Å². The molecule has 1 amide bonds. The van der Waals surface area contributed by atoms with Gasteiger partial charge in [-0.3, -0.25) is 9.69 Å². The van der Waals surface area contributed by atoms with Crippen molar-refractivity contribution in [3.8, 4) is 11.5 Å². The molecule has 0 aromatic heterocycles. The number of hydrogen-bond acceptors (Lipinski definition) is 4. The zero-order valence-electron chi connectivity index (χ0n) is 15.4. The topological polar surface area (TPSA) is 42.0 Å². The molecule has 1 saturated heterocycles. The average Bonchev–Trinajstić information content (AvgIpc) is 2.99. The quantitative estimate of drug-likeness (QED) is 0.803. The first-order valence-electron chi connectivity index (χ1n) is 8.77. The summed E-state index contributed by atoms with van der Waals surface area (Å²) >= 11 is 6.43. The zero-order chi connectivity index (χ0) is 18.1. The number of halogens is 1.